The SMILES string of the molecule is Cc1nc(C#N)nc(N2CCc3c([nH]c4ccc(Cl)cc34)[C@@H]2c2cnc(N3CCOCC3)nc2)n1. The predicted molar refractivity (Wildman–Crippen MR) is 131 cm³/mol. The normalized spacial score (nSPS) is 17.9. The molecule has 2 aliphatic heterocycles. The second-order valence-electron chi connectivity index (χ2n) is 8.59. The molecule has 1 saturated heterocycles. The molecule has 176 valence electrons. The molecule has 3 aromatic heterocycles. The van der Waals surface area contributed by atoms with Crippen LogP contribution in [0.15, 0.2) is 30.6 Å². The lowest BCUT2D eigenvalue weighted by molar-refractivity contribution is 0.122. The molecule has 10 nitrogen and oxygen atoms in total. The fourth-order valence-corrected chi connectivity index (χ4v) is 5.04. The van der Waals surface area contributed by atoms with E-state index in [1.165, 1.54) is 5.56 Å². The average Bonchev–Trinajstić information content (AvgIpc) is 3.26. The zero-order valence-corrected chi connectivity index (χ0v) is 19.8. The van der Waals surface area contributed by atoms with Crippen LogP contribution in [0, 0.1) is 18.3 Å². The van der Waals surface area contributed by atoms with E-state index >= 15 is 0 Å². The molecule has 0 aliphatic carbocycles. The van der Waals surface area contributed by atoms with Crippen LogP contribution in [-0.2, 0) is 11.2 Å². The number of H-pyrrole nitrogens is 1. The average molecular weight is 488 g/mol. The summed E-state index contributed by atoms with van der Waals surface area (Å²) in [5.41, 5.74) is 4.14. The number of rotatable bonds is 3. The monoisotopic (exact) mass is 487 g/mol. The Morgan fingerprint density at radius 3 is 2.66 bits per heavy atom. The molecule has 4 aromatic rings. The number of morpholine rings is 1. The zero-order valence-electron chi connectivity index (χ0n) is 19.1. The van der Waals surface area contributed by atoms with Crippen LogP contribution in [0.5, 0.6) is 0 Å². The Balaban J connectivity index is 1.47. The maximum absolute atomic E-state index is 9.43. The Bertz CT molecular complexity index is 1440. The Hall–Kier alpha value is -3.81. The van der Waals surface area contributed by atoms with E-state index in [2.05, 4.69) is 39.7 Å². The van der Waals surface area contributed by atoms with E-state index in [1.54, 1.807) is 6.92 Å². The molecule has 5 heterocycles. The van der Waals surface area contributed by atoms with E-state index < -0.39 is 0 Å². The summed E-state index contributed by atoms with van der Waals surface area (Å²) in [6, 6.07) is 7.65. The maximum atomic E-state index is 9.43. The maximum Gasteiger partial charge on any atom is 0.237 e. The van der Waals surface area contributed by atoms with Gasteiger partial charge in [0.05, 0.1) is 13.2 Å². The molecular weight excluding hydrogens is 466 g/mol. The molecule has 11 heteroatoms. The van der Waals surface area contributed by atoms with Crippen molar-refractivity contribution < 1.29 is 4.74 Å². The van der Waals surface area contributed by atoms with Crippen molar-refractivity contribution in [3.8, 4) is 6.07 Å². The highest BCUT2D eigenvalue weighted by atomic mass is 35.5. The number of benzene rings is 1. The first-order chi connectivity index (χ1) is 17.1. The molecule has 2 aliphatic rings. The summed E-state index contributed by atoms with van der Waals surface area (Å²) in [6.45, 7) is 5.29. The van der Waals surface area contributed by atoms with Crippen molar-refractivity contribution in [3.05, 3.63) is 64.1 Å². The van der Waals surface area contributed by atoms with E-state index in [9.17, 15) is 5.26 Å². The second kappa shape index (κ2) is 8.76. The zero-order chi connectivity index (χ0) is 23.9. The number of ether oxygens (including phenoxy) is 1. The van der Waals surface area contributed by atoms with Crippen molar-refractivity contribution >= 4 is 34.4 Å². The molecule has 35 heavy (non-hydrogen) atoms. The van der Waals surface area contributed by atoms with Gasteiger partial charge in [-0.1, -0.05) is 11.6 Å². The number of hydrogen-bond acceptors (Lipinski definition) is 9. The Morgan fingerprint density at radius 1 is 1.09 bits per heavy atom. The van der Waals surface area contributed by atoms with Gasteiger partial charge in [0, 0.05) is 59.2 Å². The Labute approximate surface area is 206 Å². The van der Waals surface area contributed by atoms with Crippen LogP contribution in [0.4, 0.5) is 11.9 Å². The quantitative estimate of drug-likeness (QED) is 0.465. The molecule has 1 N–H and O–H groups in total. The molecule has 0 amide bonds. The first-order valence-electron chi connectivity index (χ1n) is 11.4. The standard InChI is InChI=1S/C24H22ClN9O/c1-14-29-20(11-26)32-24(30-14)34-5-4-17-18-10-16(25)2-3-19(18)31-21(17)22(34)15-12-27-23(28-13-15)33-6-8-35-9-7-33/h2-3,10,12-13,22,31H,4-9H2,1H3/t22-/m0/s1. The summed E-state index contributed by atoms with van der Waals surface area (Å²) in [6.07, 6.45) is 4.50. The van der Waals surface area contributed by atoms with Crippen LogP contribution >= 0.6 is 11.6 Å². The van der Waals surface area contributed by atoms with Crippen molar-refractivity contribution in [2.24, 2.45) is 0 Å². The highest BCUT2D eigenvalue weighted by molar-refractivity contribution is 6.31. The number of nitriles is 1. The van der Waals surface area contributed by atoms with Crippen molar-refractivity contribution in [1.82, 2.24) is 29.9 Å². The van der Waals surface area contributed by atoms with Gasteiger partial charge in [-0.3, -0.25) is 0 Å². The molecule has 1 aromatic carbocycles. The van der Waals surface area contributed by atoms with Crippen molar-refractivity contribution in [2.45, 2.75) is 19.4 Å². The summed E-state index contributed by atoms with van der Waals surface area (Å²) in [5.74, 6) is 1.74. The van der Waals surface area contributed by atoms with Gasteiger partial charge in [0.15, 0.2) is 0 Å². The molecule has 0 radical (unpaired) electrons. The number of anilines is 2. The Morgan fingerprint density at radius 2 is 1.89 bits per heavy atom. The summed E-state index contributed by atoms with van der Waals surface area (Å²) in [5, 5.41) is 11.2. The number of aromatic nitrogens is 6. The summed E-state index contributed by atoms with van der Waals surface area (Å²) in [4.78, 5) is 30.3. The van der Waals surface area contributed by atoms with Gasteiger partial charge in [-0.25, -0.2) is 15.0 Å². The number of hydrogen-bond donors (Lipinski definition) is 1. The number of halogens is 1. The van der Waals surface area contributed by atoms with Crippen LogP contribution in [-0.4, -0.2) is 62.8 Å². The minimum absolute atomic E-state index is 0.0967. The lowest BCUT2D eigenvalue weighted by Crippen LogP contribution is -2.39. The van der Waals surface area contributed by atoms with Crippen LogP contribution in [0.2, 0.25) is 5.02 Å². The third-order valence-electron chi connectivity index (χ3n) is 6.45. The van der Waals surface area contributed by atoms with Gasteiger partial charge < -0.3 is 19.5 Å². The van der Waals surface area contributed by atoms with Gasteiger partial charge in [0.1, 0.15) is 17.9 Å². The van der Waals surface area contributed by atoms with Gasteiger partial charge >= 0.3 is 0 Å². The number of aromatic amines is 1. The van der Waals surface area contributed by atoms with Gasteiger partial charge in [0.25, 0.3) is 0 Å². The number of aryl methyl sites for hydroxylation is 1. The molecule has 0 saturated carbocycles. The Kier molecular flexibility index (Phi) is 5.43. The first-order valence-corrected chi connectivity index (χ1v) is 11.8. The molecule has 0 bridgehead atoms. The van der Waals surface area contributed by atoms with E-state index in [0.29, 0.717) is 42.5 Å². The second-order valence-corrected chi connectivity index (χ2v) is 9.02. The van der Waals surface area contributed by atoms with Crippen molar-refractivity contribution in [3.63, 3.8) is 0 Å². The van der Waals surface area contributed by atoms with Crippen molar-refractivity contribution in [1.29, 1.82) is 5.26 Å². The lowest BCUT2D eigenvalue weighted by atomic mass is 9.94. The highest BCUT2D eigenvalue weighted by Gasteiger charge is 2.34. The van der Waals surface area contributed by atoms with Crippen LogP contribution in [0.25, 0.3) is 10.9 Å². The molecule has 0 unspecified atom stereocenters. The van der Waals surface area contributed by atoms with E-state index in [1.807, 2.05) is 36.7 Å². The largest absolute Gasteiger partial charge is 0.378 e. The third-order valence-corrected chi connectivity index (χ3v) is 6.68. The fourth-order valence-electron chi connectivity index (χ4n) is 4.87. The van der Waals surface area contributed by atoms with Gasteiger partial charge in [-0.2, -0.15) is 15.2 Å². The van der Waals surface area contributed by atoms with Crippen LogP contribution in [0.1, 0.15) is 34.5 Å². The van der Waals surface area contributed by atoms with Crippen LogP contribution in [0.3, 0.4) is 0 Å². The molecule has 0 spiro atoms. The number of fused-ring (bicyclic) bond motifs is 3. The predicted octanol–water partition coefficient (Wildman–Crippen LogP) is 2.97. The molecular formula is C24H22ClN9O. The molecule has 1 fully saturated rings. The number of nitrogens with one attached hydrogen (secondary N) is 1. The molecule has 1 atom stereocenters. The first kappa shape index (κ1) is 21.7. The summed E-state index contributed by atoms with van der Waals surface area (Å²) in [7, 11) is 0. The minimum atomic E-state index is -0.267. The van der Waals surface area contributed by atoms with Gasteiger partial charge in [-0.05, 0) is 37.1 Å². The highest BCUT2D eigenvalue weighted by Crippen LogP contribution is 2.40. The fraction of sp³-hybridized carbons (Fsp3) is 0.333. The van der Waals surface area contributed by atoms with E-state index in [4.69, 9.17) is 16.3 Å². The third kappa shape index (κ3) is 3.92. The summed E-state index contributed by atoms with van der Waals surface area (Å²) < 4.78 is 5.45. The van der Waals surface area contributed by atoms with E-state index in [-0.39, 0.29) is 11.9 Å². The van der Waals surface area contributed by atoms with Gasteiger partial charge in [-0.15, -0.1) is 0 Å². The lowest BCUT2D eigenvalue weighted by Gasteiger charge is -2.36. The molecule has 6 rings (SSSR count). The van der Waals surface area contributed by atoms with Gasteiger partial charge in [0.2, 0.25) is 17.7 Å². The topological polar surface area (TPSA) is 120 Å². The summed E-state index contributed by atoms with van der Waals surface area (Å²) >= 11 is 6.32. The number of nitrogens with zero attached hydrogens (tertiary/aromatic N) is 8. The van der Waals surface area contributed by atoms with E-state index in [0.717, 1.165) is 41.7 Å². The van der Waals surface area contributed by atoms with Crippen LogP contribution < -0.4 is 9.80 Å². The minimum Gasteiger partial charge on any atom is -0.378 e. The smallest absolute Gasteiger partial charge is 0.237 e. The van der Waals surface area contributed by atoms with Crippen molar-refractivity contribution in [2.75, 3.05) is 42.6 Å².